The van der Waals surface area contributed by atoms with Crippen LogP contribution in [0.25, 0.3) is 4.85 Å². The van der Waals surface area contributed by atoms with Crippen molar-refractivity contribution in [2.24, 2.45) is 5.92 Å². The second-order valence-corrected chi connectivity index (χ2v) is 3.03. The van der Waals surface area contributed by atoms with Crippen LogP contribution in [0, 0.1) is 12.5 Å². The van der Waals surface area contributed by atoms with Gasteiger partial charge in [0.1, 0.15) is 0 Å². The number of nitrogens with one attached hydrogen (secondary N) is 1. The van der Waals surface area contributed by atoms with Gasteiger partial charge in [-0.2, -0.15) is 0 Å². The molecule has 0 aromatic carbocycles. The molecule has 2 heteroatoms. The Morgan fingerprint density at radius 1 is 1.44 bits per heavy atom. The molecule has 0 spiro atoms. The zero-order valence-electron chi connectivity index (χ0n) is 5.30. The van der Waals surface area contributed by atoms with Crippen LogP contribution in [0.3, 0.4) is 0 Å². The topological polar surface area (TPSA) is 16.4 Å². The second-order valence-electron chi connectivity index (χ2n) is 3.03. The minimum Gasteiger partial charge on any atom is -0.313 e. The van der Waals surface area contributed by atoms with Crippen molar-refractivity contribution >= 4 is 0 Å². The van der Waals surface area contributed by atoms with Gasteiger partial charge in [0, 0.05) is 24.9 Å². The fourth-order valence-corrected chi connectivity index (χ4v) is 1.96. The molecule has 1 N–H and O–H groups in total. The maximum atomic E-state index is 6.85. The number of piperidine rings is 1. The van der Waals surface area contributed by atoms with E-state index in [0.717, 1.165) is 13.0 Å². The van der Waals surface area contributed by atoms with Gasteiger partial charge in [0.25, 0.3) is 0 Å². The Morgan fingerprint density at radius 3 is 2.67 bits per heavy atom. The lowest BCUT2D eigenvalue weighted by molar-refractivity contribution is 0.480. The van der Waals surface area contributed by atoms with E-state index in [1.165, 1.54) is 6.42 Å². The molecule has 3 unspecified atom stereocenters. The van der Waals surface area contributed by atoms with Crippen LogP contribution >= 0.6 is 0 Å². The van der Waals surface area contributed by atoms with Gasteiger partial charge in [-0.25, -0.2) is 6.57 Å². The maximum Gasteiger partial charge on any atom is 0.229 e. The summed E-state index contributed by atoms with van der Waals surface area (Å²) in [6, 6.07) is 1.05. The van der Waals surface area contributed by atoms with Crippen LogP contribution in [-0.4, -0.2) is 18.6 Å². The standard InChI is InChI=1S/C7H10N2/c1-8-7-3-6-2-5(7)4-9-6/h5-7,9H,2-4H2. The van der Waals surface area contributed by atoms with Crippen molar-refractivity contribution in [1.82, 2.24) is 5.32 Å². The molecule has 0 aromatic heterocycles. The molecular formula is C7H10N2. The zero-order valence-corrected chi connectivity index (χ0v) is 5.30. The minimum absolute atomic E-state index is 0.358. The first-order valence-corrected chi connectivity index (χ1v) is 3.50. The van der Waals surface area contributed by atoms with E-state index >= 15 is 0 Å². The molecule has 0 aromatic rings. The van der Waals surface area contributed by atoms with E-state index in [9.17, 15) is 0 Å². The molecule has 2 nitrogen and oxygen atoms in total. The van der Waals surface area contributed by atoms with Gasteiger partial charge >= 0.3 is 0 Å². The zero-order chi connectivity index (χ0) is 6.27. The van der Waals surface area contributed by atoms with Crippen molar-refractivity contribution in [1.29, 1.82) is 0 Å². The molecule has 1 aliphatic carbocycles. The third kappa shape index (κ3) is 0.650. The number of fused-ring (bicyclic) bond motifs is 2. The van der Waals surface area contributed by atoms with Crippen LogP contribution < -0.4 is 5.32 Å². The fraction of sp³-hybridized carbons (Fsp3) is 0.857. The number of hydrogen-bond acceptors (Lipinski definition) is 1. The number of rotatable bonds is 0. The first kappa shape index (κ1) is 5.25. The lowest BCUT2D eigenvalue weighted by Crippen LogP contribution is -2.30. The Hall–Kier alpha value is -0.550. The summed E-state index contributed by atoms with van der Waals surface area (Å²) in [4.78, 5) is 3.58. The molecule has 1 saturated heterocycles. The van der Waals surface area contributed by atoms with Gasteiger partial charge in [-0.3, -0.25) is 0 Å². The highest BCUT2D eigenvalue weighted by Crippen LogP contribution is 2.33. The predicted molar refractivity (Wildman–Crippen MR) is 34.9 cm³/mol. The molecule has 1 saturated carbocycles. The molecule has 1 heterocycles. The van der Waals surface area contributed by atoms with Crippen LogP contribution in [0.2, 0.25) is 0 Å². The molecular weight excluding hydrogens is 112 g/mol. The highest BCUT2D eigenvalue weighted by atomic mass is 15.0. The maximum absolute atomic E-state index is 6.85. The molecule has 2 fully saturated rings. The van der Waals surface area contributed by atoms with Gasteiger partial charge in [0.05, 0.1) is 0 Å². The molecule has 0 amide bonds. The third-order valence-corrected chi connectivity index (χ3v) is 2.49. The number of nitrogens with zero attached hydrogens (tertiary/aromatic N) is 1. The molecule has 2 rings (SSSR count). The summed E-state index contributed by atoms with van der Waals surface area (Å²) in [5.74, 6) is 0.687. The van der Waals surface area contributed by atoms with E-state index in [2.05, 4.69) is 10.2 Å². The van der Waals surface area contributed by atoms with E-state index in [4.69, 9.17) is 6.57 Å². The summed E-state index contributed by atoms with van der Waals surface area (Å²) in [6.07, 6.45) is 2.36. The van der Waals surface area contributed by atoms with Crippen LogP contribution in [0.1, 0.15) is 12.8 Å². The Kier molecular flexibility index (Phi) is 1.000. The van der Waals surface area contributed by atoms with Crippen molar-refractivity contribution in [2.75, 3.05) is 6.54 Å². The first-order chi connectivity index (χ1) is 4.40. The third-order valence-electron chi connectivity index (χ3n) is 2.49. The van der Waals surface area contributed by atoms with Crippen molar-refractivity contribution in [3.63, 3.8) is 0 Å². The van der Waals surface area contributed by atoms with E-state index in [-0.39, 0.29) is 0 Å². The lowest BCUT2D eigenvalue weighted by Gasteiger charge is -2.11. The minimum atomic E-state index is 0.358. The Morgan fingerprint density at radius 2 is 2.33 bits per heavy atom. The van der Waals surface area contributed by atoms with Crippen molar-refractivity contribution in [2.45, 2.75) is 24.9 Å². The van der Waals surface area contributed by atoms with Crippen molar-refractivity contribution in [3.8, 4) is 0 Å². The summed E-state index contributed by atoms with van der Waals surface area (Å²) in [6.45, 7) is 7.95. The number of hydrogen-bond donors (Lipinski definition) is 1. The Labute approximate surface area is 55.1 Å². The average molecular weight is 122 g/mol. The lowest BCUT2D eigenvalue weighted by atomic mass is 10.1. The van der Waals surface area contributed by atoms with E-state index in [0.29, 0.717) is 18.0 Å². The van der Waals surface area contributed by atoms with Gasteiger partial charge < -0.3 is 10.2 Å². The van der Waals surface area contributed by atoms with E-state index in [1.807, 2.05) is 0 Å². The van der Waals surface area contributed by atoms with Gasteiger partial charge in [-0.1, -0.05) is 0 Å². The summed E-state index contributed by atoms with van der Waals surface area (Å²) in [7, 11) is 0. The van der Waals surface area contributed by atoms with Crippen molar-refractivity contribution < 1.29 is 0 Å². The fourth-order valence-electron chi connectivity index (χ4n) is 1.96. The Balaban J connectivity index is 2.12. The molecule has 9 heavy (non-hydrogen) atoms. The van der Waals surface area contributed by atoms with Crippen molar-refractivity contribution in [3.05, 3.63) is 11.4 Å². The summed E-state index contributed by atoms with van der Waals surface area (Å²) < 4.78 is 0. The average Bonchev–Trinajstić information content (AvgIpc) is 2.45. The van der Waals surface area contributed by atoms with Gasteiger partial charge in [-0.05, 0) is 6.42 Å². The van der Waals surface area contributed by atoms with Crippen LogP contribution in [0.4, 0.5) is 0 Å². The van der Waals surface area contributed by atoms with E-state index < -0.39 is 0 Å². The molecule has 1 aliphatic heterocycles. The highest BCUT2D eigenvalue weighted by Gasteiger charge is 2.43. The smallest absolute Gasteiger partial charge is 0.229 e. The largest absolute Gasteiger partial charge is 0.313 e. The molecule has 0 radical (unpaired) electrons. The predicted octanol–water partition coefficient (Wildman–Crippen LogP) is 0.656. The summed E-state index contributed by atoms with van der Waals surface area (Å²) in [5.41, 5.74) is 0. The first-order valence-electron chi connectivity index (χ1n) is 3.50. The van der Waals surface area contributed by atoms with Gasteiger partial charge in [-0.15, -0.1) is 0 Å². The quantitative estimate of drug-likeness (QED) is 0.467. The van der Waals surface area contributed by atoms with Gasteiger partial charge in [0.2, 0.25) is 6.04 Å². The molecule has 3 atom stereocenters. The Bertz CT molecular complexity index is 159. The SMILES string of the molecule is [C-]#[N+]C1CC2CC1CN2. The summed E-state index contributed by atoms with van der Waals surface area (Å²) in [5, 5.41) is 3.38. The van der Waals surface area contributed by atoms with Crippen LogP contribution in [-0.2, 0) is 0 Å². The monoisotopic (exact) mass is 122 g/mol. The summed E-state index contributed by atoms with van der Waals surface area (Å²) >= 11 is 0. The molecule has 2 bridgehead atoms. The van der Waals surface area contributed by atoms with Crippen LogP contribution in [0.15, 0.2) is 0 Å². The highest BCUT2D eigenvalue weighted by molar-refractivity contribution is 5.03. The van der Waals surface area contributed by atoms with E-state index in [1.54, 1.807) is 0 Å². The molecule has 48 valence electrons. The van der Waals surface area contributed by atoms with Crippen LogP contribution in [0.5, 0.6) is 0 Å². The normalized spacial score (nSPS) is 47.2. The second kappa shape index (κ2) is 1.71. The molecule has 2 aliphatic rings. The van der Waals surface area contributed by atoms with Gasteiger partial charge in [0.15, 0.2) is 0 Å².